The van der Waals surface area contributed by atoms with E-state index in [0.717, 1.165) is 23.4 Å². The molecule has 0 aliphatic rings. The van der Waals surface area contributed by atoms with E-state index in [9.17, 15) is 0 Å². The lowest BCUT2D eigenvalue weighted by Crippen LogP contribution is -2.23. The van der Waals surface area contributed by atoms with Crippen LogP contribution in [0.3, 0.4) is 0 Å². The Morgan fingerprint density at radius 2 is 2.20 bits per heavy atom. The average Bonchev–Trinajstić information content (AvgIpc) is 2.17. The van der Waals surface area contributed by atoms with Crippen LogP contribution in [0.2, 0.25) is 0 Å². The summed E-state index contributed by atoms with van der Waals surface area (Å²) in [6, 6.07) is 2.07. The highest BCUT2D eigenvalue weighted by molar-refractivity contribution is 9.10. The molecule has 0 spiro atoms. The van der Waals surface area contributed by atoms with Crippen molar-refractivity contribution in [1.29, 1.82) is 0 Å². The number of pyridine rings is 1. The first-order valence-electron chi connectivity index (χ1n) is 5.14. The van der Waals surface area contributed by atoms with Crippen LogP contribution in [0.4, 0.5) is 5.82 Å². The molecule has 3 nitrogen and oxygen atoms in total. The van der Waals surface area contributed by atoms with Crippen LogP contribution in [0.15, 0.2) is 16.7 Å². The van der Waals surface area contributed by atoms with E-state index >= 15 is 0 Å². The number of halogens is 1. The number of nitrogens with one attached hydrogen (secondary N) is 2. The molecule has 1 aromatic heterocycles. The van der Waals surface area contributed by atoms with Crippen molar-refractivity contribution in [3.8, 4) is 0 Å². The molecular weight excluding hydrogens is 254 g/mol. The zero-order valence-corrected chi connectivity index (χ0v) is 11.1. The predicted octanol–water partition coefficient (Wildman–Crippen LogP) is 2.42. The summed E-state index contributed by atoms with van der Waals surface area (Å²) in [5, 5.41) is 6.51. The summed E-state index contributed by atoms with van der Waals surface area (Å²) in [4.78, 5) is 4.33. The monoisotopic (exact) mass is 271 g/mol. The van der Waals surface area contributed by atoms with Gasteiger partial charge in [0.05, 0.1) is 0 Å². The molecule has 0 bridgehead atoms. The third-order valence-corrected chi connectivity index (χ3v) is 2.65. The second-order valence-electron chi connectivity index (χ2n) is 3.86. The van der Waals surface area contributed by atoms with Crippen LogP contribution < -0.4 is 10.6 Å². The Bertz CT molecular complexity index is 315. The maximum atomic E-state index is 4.33. The molecule has 4 heteroatoms. The van der Waals surface area contributed by atoms with Crippen molar-refractivity contribution in [1.82, 2.24) is 10.3 Å². The van der Waals surface area contributed by atoms with Crippen LogP contribution in [0, 0.1) is 12.8 Å². The van der Waals surface area contributed by atoms with Gasteiger partial charge < -0.3 is 10.6 Å². The standard InChI is InChI=1S/C11H18BrN3/c1-8(5-13-3)6-14-11-9(2)4-10(12)7-15-11/h4,7-8,13H,5-6H2,1-3H3,(H,14,15). The topological polar surface area (TPSA) is 37.0 Å². The summed E-state index contributed by atoms with van der Waals surface area (Å²) in [6.45, 7) is 6.22. The van der Waals surface area contributed by atoms with E-state index < -0.39 is 0 Å². The normalized spacial score (nSPS) is 12.5. The zero-order valence-electron chi connectivity index (χ0n) is 9.47. The van der Waals surface area contributed by atoms with E-state index in [-0.39, 0.29) is 0 Å². The third kappa shape index (κ3) is 4.18. The van der Waals surface area contributed by atoms with E-state index in [1.165, 1.54) is 5.56 Å². The lowest BCUT2D eigenvalue weighted by Gasteiger charge is -2.13. The van der Waals surface area contributed by atoms with Gasteiger partial charge in [0.25, 0.3) is 0 Å². The number of nitrogens with zero attached hydrogens (tertiary/aromatic N) is 1. The molecule has 84 valence electrons. The zero-order chi connectivity index (χ0) is 11.3. The second kappa shape index (κ2) is 6.08. The molecular formula is C11H18BrN3. The van der Waals surface area contributed by atoms with E-state index in [2.05, 4.69) is 51.5 Å². The quantitative estimate of drug-likeness (QED) is 0.864. The number of aryl methyl sites for hydroxylation is 1. The summed E-state index contributed by atoms with van der Waals surface area (Å²) >= 11 is 3.40. The molecule has 0 aliphatic heterocycles. The first-order chi connectivity index (χ1) is 7.13. The summed E-state index contributed by atoms with van der Waals surface area (Å²) in [5.74, 6) is 1.57. The molecule has 0 aromatic carbocycles. The molecule has 0 radical (unpaired) electrons. The van der Waals surface area contributed by atoms with E-state index in [1.54, 1.807) is 0 Å². The van der Waals surface area contributed by atoms with Crippen LogP contribution in [0.1, 0.15) is 12.5 Å². The smallest absolute Gasteiger partial charge is 0.128 e. The maximum absolute atomic E-state index is 4.33. The molecule has 0 fully saturated rings. The summed E-state index contributed by atoms with van der Waals surface area (Å²) in [6.07, 6.45) is 1.82. The highest BCUT2D eigenvalue weighted by atomic mass is 79.9. The minimum Gasteiger partial charge on any atom is -0.370 e. The molecule has 1 atom stereocenters. The SMILES string of the molecule is CNCC(C)CNc1ncc(Br)cc1C. The Morgan fingerprint density at radius 1 is 1.47 bits per heavy atom. The Morgan fingerprint density at radius 3 is 2.80 bits per heavy atom. The first kappa shape index (κ1) is 12.5. The highest BCUT2D eigenvalue weighted by Crippen LogP contribution is 2.16. The van der Waals surface area contributed by atoms with Gasteiger partial charge >= 0.3 is 0 Å². The molecule has 1 heterocycles. The number of hydrogen-bond acceptors (Lipinski definition) is 3. The second-order valence-corrected chi connectivity index (χ2v) is 4.78. The van der Waals surface area contributed by atoms with E-state index in [4.69, 9.17) is 0 Å². The van der Waals surface area contributed by atoms with Gasteiger partial charge in [-0.05, 0) is 54.0 Å². The van der Waals surface area contributed by atoms with E-state index in [1.807, 2.05) is 13.2 Å². The summed E-state index contributed by atoms with van der Waals surface area (Å²) in [5.41, 5.74) is 1.17. The van der Waals surface area contributed by atoms with Crippen molar-refractivity contribution in [2.24, 2.45) is 5.92 Å². The molecule has 0 saturated carbocycles. The molecule has 0 saturated heterocycles. The number of aromatic nitrogens is 1. The van der Waals surface area contributed by atoms with Gasteiger partial charge in [0.1, 0.15) is 5.82 Å². The lowest BCUT2D eigenvalue weighted by atomic mass is 10.2. The molecule has 0 amide bonds. The number of rotatable bonds is 5. The predicted molar refractivity (Wildman–Crippen MR) is 68.3 cm³/mol. The molecule has 15 heavy (non-hydrogen) atoms. The van der Waals surface area contributed by atoms with Crippen molar-refractivity contribution >= 4 is 21.7 Å². The molecule has 1 aromatic rings. The Labute approximate surface area is 99.8 Å². The van der Waals surface area contributed by atoms with Gasteiger partial charge in [0.2, 0.25) is 0 Å². The largest absolute Gasteiger partial charge is 0.370 e. The molecule has 0 aliphatic carbocycles. The van der Waals surface area contributed by atoms with Gasteiger partial charge in [-0.3, -0.25) is 0 Å². The van der Waals surface area contributed by atoms with Crippen molar-refractivity contribution in [2.45, 2.75) is 13.8 Å². The van der Waals surface area contributed by atoms with Crippen LogP contribution in [-0.2, 0) is 0 Å². The van der Waals surface area contributed by atoms with Crippen LogP contribution in [0.5, 0.6) is 0 Å². The lowest BCUT2D eigenvalue weighted by molar-refractivity contribution is 0.568. The van der Waals surface area contributed by atoms with E-state index in [0.29, 0.717) is 5.92 Å². The first-order valence-corrected chi connectivity index (χ1v) is 5.93. The highest BCUT2D eigenvalue weighted by Gasteiger charge is 2.03. The fourth-order valence-corrected chi connectivity index (χ4v) is 1.86. The van der Waals surface area contributed by atoms with Crippen molar-refractivity contribution in [3.05, 3.63) is 22.3 Å². The van der Waals surface area contributed by atoms with Crippen molar-refractivity contribution < 1.29 is 0 Å². The van der Waals surface area contributed by atoms with Gasteiger partial charge in [-0.2, -0.15) is 0 Å². The van der Waals surface area contributed by atoms with Gasteiger partial charge in [-0.15, -0.1) is 0 Å². The summed E-state index contributed by atoms with van der Waals surface area (Å²) < 4.78 is 1.02. The summed E-state index contributed by atoms with van der Waals surface area (Å²) in [7, 11) is 1.97. The number of anilines is 1. The van der Waals surface area contributed by atoms with Crippen molar-refractivity contribution in [2.75, 3.05) is 25.5 Å². The minimum atomic E-state index is 0.597. The molecule has 1 unspecified atom stereocenters. The Balaban J connectivity index is 2.50. The Hall–Kier alpha value is -0.610. The molecule has 2 N–H and O–H groups in total. The third-order valence-electron chi connectivity index (χ3n) is 2.22. The van der Waals surface area contributed by atoms with Crippen LogP contribution >= 0.6 is 15.9 Å². The van der Waals surface area contributed by atoms with Crippen LogP contribution in [-0.4, -0.2) is 25.1 Å². The number of hydrogen-bond donors (Lipinski definition) is 2. The van der Waals surface area contributed by atoms with Gasteiger partial charge in [-0.1, -0.05) is 6.92 Å². The van der Waals surface area contributed by atoms with Gasteiger partial charge in [0.15, 0.2) is 0 Å². The Kier molecular flexibility index (Phi) is 5.05. The van der Waals surface area contributed by atoms with Gasteiger partial charge in [-0.25, -0.2) is 4.98 Å². The minimum absolute atomic E-state index is 0.597. The van der Waals surface area contributed by atoms with Crippen molar-refractivity contribution in [3.63, 3.8) is 0 Å². The molecule has 1 rings (SSSR count). The van der Waals surface area contributed by atoms with Gasteiger partial charge in [0, 0.05) is 17.2 Å². The fraction of sp³-hybridized carbons (Fsp3) is 0.545. The maximum Gasteiger partial charge on any atom is 0.128 e. The van der Waals surface area contributed by atoms with Crippen LogP contribution in [0.25, 0.3) is 0 Å². The fourth-order valence-electron chi connectivity index (χ4n) is 1.42. The average molecular weight is 272 g/mol.